The van der Waals surface area contributed by atoms with Gasteiger partial charge in [-0.15, -0.1) is 0 Å². The van der Waals surface area contributed by atoms with Crippen LogP contribution in [-0.4, -0.2) is 27.1 Å². The van der Waals surface area contributed by atoms with Gasteiger partial charge < -0.3 is 10.6 Å². The lowest BCUT2D eigenvalue weighted by Crippen LogP contribution is -2.33. The molecule has 0 fully saturated rings. The highest BCUT2D eigenvalue weighted by atomic mass is 16.2. The van der Waals surface area contributed by atoms with E-state index in [1.54, 1.807) is 16.9 Å². The quantitative estimate of drug-likeness (QED) is 0.903. The second-order valence-corrected chi connectivity index (χ2v) is 4.84. The van der Waals surface area contributed by atoms with Crippen molar-refractivity contribution in [3.8, 4) is 0 Å². The Labute approximate surface area is 119 Å². The highest BCUT2D eigenvalue weighted by Crippen LogP contribution is 2.08. The first-order valence-corrected chi connectivity index (χ1v) is 6.70. The van der Waals surface area contributed by atoms with Gasteiger partial charge in [0.1, 0.15) is 12.4 Å². The van der Waals surface area contributed by atoms with E-state index in [0.29, 0.717) is 18.9 Å². The Bertz CT molecular complexity index is 591. The average Bonchev–Trinajstić information content (AvgIpc) is 2.81. The van der Waals surface area contributed by atoms with Gasteiger partial charge in [-0.3, -0.25) is 9.48 Å². The second-order valence-electron chi connectivity index (χ2n) is 4.84. The van der Waals surface area contributed by atoms with Gasteiger partial charge in [0.25, 0.3) is 0 Å². The van der Waals surface area contributed by atoms with Crippen LogP contribution in [0.25, 0.3) is 0 Å². The normalized spacial score (nSPS) is 10.5. The van der Waals surface area contributed by atoms with Crippen LogP contribution in [0.15, 0.2) is 36.5 Å². The highest BCUT2D eigenvalue weighted by molar-refractivity contribution is 5.75. The molecule has 2 N–H and O–H groups in total. The zero-order valence-electron chi connectivity index (χ0n) is 11.9. The number of hydrogen-bond donors (Lipinski definition) is 1. The first-order chi connectivity index (χ1) is 9.58. The van der Waals surface area contributed by atoms with Gasteiger partial charge in [0.15, 0.2) is 0 Å². The molecule has 0 bridgehead atoms. The van der Waals surface area contributed by atoms with E-state index in [4.69, 9.17) is 5.73 Å². The molecular formula is C15H20N4O. The van der Waals surface area contributed by atoms with E-state index < -0.39 is 0 Å². The third-order valence-corrected chi connectivity index (χ3v) is 3.15. The Hall–Kier alpha value is -2.30. The van der Waals surface area contributed by atoms with Crippen LogP contribution in [0.1, 0.15) is 18.1 Å². The van der Waals surface area contributed by atoms with E-state index >= 15 is 0 Å². The van der Waals surface area contributed by atoms with Crippen LogP contribution in [0.2, 0.25) is 0 Å². The van der Waals surface area contributed by atoms with Crippen LogP contribution >= 0.6 is 0 Å². The molecule has 5 nitrogen and oxygen atoms in total. The summed E-state index contributed by atoms with van der Waals surface area (Å²) in [5.41, 5.74) is 7.89. The highest BCUT2D eigenvalue weighted by Gasteiger charge is 2.13. The summed E-state index contributed by atoms with van der Waals surface area (Å²) in [6, 6.07) is 9.88. The van der Waals surface area contributed by atoms with Gasteiger partial charge in [0.2, 0.25) is 5.91 Å². The minimum atomic E-state index is 0.0390. The minimum absolute atomic E-state index is 0.0390. The lowest BCUT2D eigenvalue weighted by atomic mass is 10.1. The number of hydrogen-bond acceptors (Lipinski definition) is 3. The summed E-state index contributed by atoms with van der Waals surface area (Å²) >= 11 is 0. The van der Waals surface area contributed by atoms with Gasteiger partial charge in [-0.2, -0.15) is 5.10 Å². The molecule has 2 aromatic rings. The van der Waals surface area contributed by atoms with Crippen LogP contribution in [0.4, 0.5) is 5.82 Å². The molecule has 1 aromatic heterocycles. The number of aromatic nitrogens is 2. The third-order valence-electron chi connectivity index (χ3n) is 3.15. The summed E-state index contributed by atoms with van der Waals surface area (Å²) < 4.78 is 1.57. The van der Waals surface area contributed by atoms with Crippen molar-refractivity contribution in [1.29, 1.82) is 0 Å². The molecule has 0 radical (unpaired) electrons. The first kappa shape index (κ1) is 14.1. The van der Waals surface area contributed by atoms with Crippen molar-refractivity contribution in [3.05, 3.63) is 47.7 Å². The van der Waals surface area contributed by atoms with Crippen molar-refractivity contribution in [3.63, 3.8) is 0 Å². The first-order valence-electron chi connectivity index (χ1n) is 6.70. The lowest BCUT2D eigenvalue weighted by molar-refractivity contribution is -0.132. The largest absolute Gasteiger partial charge is 0.382 e. The smallest absolute Gasteiger partial charge is 0.244 e. The van der Waals surface area contributed by atoms with E-state index in [0.717, 1.165) is 5.56 Å². The van der Waals surface area contributed by atoms with E-state index in [2.05, 4.69) is 11.2 Å². The number of likely N-dealkylation sites (N-methyl/N-ethyl adjacent to an activating group) is 1. The number of amides is 1. The van der Waals surface area contributed by atoms with E-state index in [-0.39, 0.29) is 12.5 Å². The predicted octanol–water partition coefficient (Wildman–Crippen LogP) is 1.82. The topological polar surface area (TPSA) is 64.2 Å². The number of rotatable bonds is 5. The fourth-order valence-electron chi connectivity index (χ4n) is 2.11. The van der Waals surface area contributed by atoms with Crippen LogP contribution in [0.5, 0.6) is 0 Å². The molecule has 1 amide bonds. The Morgan fingerprint density at radius 3 is 2.80 bits per heavy atom. The van der Waals surface area contributed by atoms with Crippen LogP contribution in [-0.2, 0) is 17.9 Å². The zero-order valence-corrected chi connectivity index (χ0v) is 11.9. The molecule has 0 unspecified atom stereocenters. The standard InChI is InChI=1S/C15H20N4O/c1-3-18(10-13-6-4-5-12(2)9-13)15(20)11-19-8-7-14(16)17-19/h4-9H,3,10-11H2,1-2H3,(H2,16,17). The summed E-state index contributed by atoms with van der Waals surface area (Å²) in [7, 11) is 0. The number of carbonyl (C=O) groups excluding carboxylic acids is 1. The molecular weight excluding hydrogens is 252 g/mol. The summed E-state index contributed by atoms with van der Waals surface area (Å²) in [6.07, 6.45) is 1.72. The zero-order chi connectivity index (χ0) is 14.5. The molecule has 0 aliphatic heterocycles. The van der Waals surface area contributed by atoms with Crippen molar-refractivity contribution in [1.82, 2.24) is 14.7 Å². The van der Waals surface area contributed by atoms with Crippen LogP contribution < -0.4 is 5.73 Å². The van der Waals surface area contributed by atoms with Crippen molar-refractivity contribution in [2.24, 2.45) is 0 Å². The maximum atomic E-state index is 12.3. The fraction of sp³-hybridized carbons (Fsp3) is 0.333. The van der Waals surface area contributed by atoms with E-state index in [1.807, 2.05) is 36.9 Å². The molecule has 0 spiro atoms. The molecule has 1 aromatic carbocycles. The summed E-state index contributed by atoms with van der Waals surface area (Å²) in [5, 5.41) is 4.04. The molecule has 0 aliphatic rings. The Morgan fingerprint density at radius 1 is 1.40 bits per heavy atom. The molecule has 5 heteroatoms. The average molecular weight is 272 g/mol. The molecule has 0 atom stereocenters. The Kier molecular flexibility index (Phi) is 4.40. The number of benzene rings is 1. The molecule has 106 valence electrons. The van der Waals surface area contributed by atoms with E-state index in [9.17, 15) is 4.79 Å². The monoisotopic (exact) mass is 272 g/mol. The van der Waals surface area contributed by atoms with Crippen molar-refractivity contribution >= 4 is 11.7 Å². The summed E-state index contributed by atoms with van der Waals surface area (Å²) in [5.74, 6) is 0.469. The maximum Gasteiger partial charge on any atom is 0.244 e. The Balaban J connectivity index is 2.02. The number of nitrogen functional groups attached to an aromatic ring is 1. The number of carbonyl (C=O) groups is 1. The van der Waals surface area contributed by atoms with Crippen LogP contribution in [0, 0.1) is 6.92 Å². The minimum Gasteiger partial charge on any atom is -0.382 e. The van der Waals surface area contributed by atoms with Gasteiger partial charge in [-0.05, 0) is 25.5 Å². The van der Waals surface area contributed by atoms with Crippen LogP contribution in [0.3, 0.4) is 0 Å². The lowest BCUT2D eigenvalue weighted by Gasteiger charge is -2.21. The number of aryl methyl sites for hydroxylation is 1. The van der Waals surface area contributed by atoms with Gasteiger partial charge >= 0.3 is 0 Å². The molecule has 20 heavy (non-hydrogen) atoms. The summed E-state index contributed by atoms with van der Waals surface area (Å²) in [4.78, 5) is 14.1. The molecule has 1 heterocycles. The van der Waals surface area contributed by atoms with Crippen molar-refractivity contribution in [2.45, 2.75) is 26.9 Å². The summed E-state index contributed by atoms with van der Waals surface area (Å²) in [6.45, 7) is 5.54. The molecule has 0 aliphatic carbocycles. The Morgan fingerprint density at radius 2 is 2.20 bits per heavy atom. The van der Waals surface area contributed by atoms with Crippen molar-refractivity contribution < 1.29 is 4.79 Å². The van der Waals surface area contributed by atoms with Gasteiger partial charge in [-0.25, -0.2) is 0 Å². The van der Waals surface area contributed by atoms with Gasteiger partial charge in [0.05, 0.1) is 0 Å². The SMILES string of the molecule is CCN(Cc1cccc(C)c1)C(=O)Cn1ccc(N)n1. The van der Waals surface area contributed by atoms with Gasteiger partial charge in [-0.1, -0.05) is 29.8 Å². The maximum absolute atomic E-state index is 12.3. The number of anilines is 1. The second kappa shape index (κ2) is 6.23. The predicted molar refractivity (Wildman–Crippen MR) is 78.9 cm³/mol. The van der Waals surface area contributed by atoms with Gasteiger partial charge in [0, 0.05) is 19.3 Å². The molecule has 2 rings (SSSR count). The number of nitrogens with two attached hydrogens (primary N) is 1. The third kappa shape index (κ3) is 3.60. The number of nitrogens with zero attached hydrogens (tertiary/aromatic N) is 3. The van der Waals surface area contributed by atoms with E-state index in [1.165, 1.54) is 5.56 Å². The van der Waals surface area contributed by atoms with Crippen molar-refractivity contribution in [2.75, 3.05) is 12.3 Å². The fourth-order valence-corrected chi connectivity index (χ4v) is 2.11. The molecule has 0 saturated heterocycles. The molecule has 0 saturated carbocycles.